The van der Waals surface area contributed by atoms with Crippen LogP contribution in [0.1, 0.15) is 5.56 Å². The molecule has 0 radical (unpaired) electrons. The van der Waals surface area contributed by atoms with Crippen molar-refractivity contribution < 1.29 is 0 Å². The molecule has 0 aliphatic carbocycles. The van der Waals surface area contributed by atoms with Gasteiger partial charge in [0.25, 0.3) is 0 Å². The highest BCUT2D eigenvalue weighted by molar-refractivity contribution is 5.72. The average Bonchev–Trinajstić information content (AvgIpc) is 3.30. The van der Waals surface area contributed by atoms with Crippen LogP contribution >= 0.6 is 0 Å². The Morgan fingerprint density at radius 3 is 2.38 bits per heavy atom. The Morgan fingerprint density at radius 2 is 1.66 bits per heavy atom. The number of hydrogen-bond acceptors (Lipinski definition) is 8. The molecule has 0 spiro atoms. The van der Waals surface area contributed by atoms with Crippen LogP contribution in [0.15, 0.2) is 36.8 Å². The molecular formula is C23H27N9. The summed E-state index contributed by atoms with van der Waals surface area (Å²) < 4.78 is 0. The van der Waals surface area contributed by atoms with Crippen molar-refractivity contribution in [3.8, 4) is 28.6 Å². The largest absolute Gasteiger partial charge is 0.355 e. The van der Waals surface area contributed by atoms with Gasteiger partial charge in [-0.1, -0.05) is 0 Å². The van der Waals surface area contributed by atoms with Crippen LogP contribution in [0, 0.1) is 11.3 Å². The highest BCUT2D eigenvalue weighted by Gasteiger charge is 2.19. The Morgan fingerprint density at radius 1 is 0.906 bits per heavy atom. The number of nitrogens with zero attached hydrogens (tertiary/aromatic N) is 7. The monoisotopic (exact) mass is 429 g/mol. The third-order valence-electron chi connectivity index (χ3n) is 6.14. The van der Waals surface area contributed by atoms with Crippen molar-refractivity contribution in [2.45, 2.75) is 0 Å². The van der Waals surface area contributed by atoms with Crippen molar-refractivity contribution in [1.82, 2.24) is 30.2 Å². The highest BCUT2D eigenvalue weighted by Crippen LogP contribution is 2.29. The van der Waals surface area contributed by atoms with E-state index in [4.69, 9.17) is 0 Å². The Kier molecular flexibility index (Phi) is 5.71. The zero-order chi connectivity index (χ0) is 21.9. The minimum Gasteiger partial charge on any atom is -0.355 e. The van der Waals surface area contributed by atoms with Crippen molar-refractivity contribution in [3.63, 3.8) is 0 Å². The molecule has 9 nitrogen and oxygen atoms in total. The summed E-state index contributed by atoms with van der Waals surface area (Å²) in [6.07, 6.45) is 5.47. The van der Waals surface area contributed by atoms with Crippen LogP contribution in [0.2, 0.25) is 0 Å². The predicted molar refractivity (Wildman–Crippen MR) is 125 cm³/mol. The SMILES string of the molecule is CN1CCN(c2ncc(-c3cc(-c4cc(C#N)c(N5CCNCC5)[nH]4)ccn3)cn2)CC1. The highest BCUT2D eigenvalue weighted by atomic mass is 15.3. The van der Waals surface area contributed by atoms with Gasteiger partial charge in [0.2, 0.25) is 5.95 Å². The minimum absolute atomic E-state index is 0.667. The molecule has 0 amide bonds. The van der Waals surface area contributed by atoms with Crippen LogP contribution in [-0.4, -0.2) is 84.2 Å². The molecule has 2 aliphatic heterocycles. The molecule has 0 bridgehead atoms. The van der Waals surface area contributed by atoms with E-state index in [-0.39, 0.29) is 0 Å². The zero-order valence-corrected chi connectivity index (χ0v) is 18.3. The van der Waals surface area contributed by atoms with E-state index >= 15 is 0 Å². The summed E-state index contributed by atoms with van der Waals surface area (Å²) >= 11 is 0. The smallest absolute Gasteiger partial charge is 0.225 e. The van der Waals surface area contributed by atoms with E-state index in [1.54, 1.807) is 6.20 Å². The van der Waals surface area contributed by atoms with Crippen LogP contribution < -0.4 is 15.1 Å². The molecule has 5 heterocycles. The zero-order valence-electron chi connectivity index (χ0n) is 18.3. The number of likely N-dealkylation sites (N-methyl/N-ethyl adjacent to an activating group) is 1. The molecule has 0 aromatic carbocycles. The van der Waals surface area contributed by atoms with Gasteiger partial charge >= 0.3 is 0 Å². The number of hydrogen-bond donors (Lipinski definition) is 2. The second-order valence-corrected chi connectivity index (χ2v) is 8.29. The molecule has 2 fully saturated rings. The number of aromatic nitrogens is 4. The van der Waals surface area contributed by atoms with E-state index in [9.17, 15) is 5.26 Å². The number of aromatic amines is 1. The fourth-order valence-electron chi connectivity index (χ4n) is 4.20. The second-order valence-electron chi connectivity index (χ2n) is 8.29. The maximum absolute atomic E-state index is 9.64. The van der Waals surface area contributed by atoms with Crippen LogP contribution in [0.4, 0.5) is 11.8 Å². The van der Waals surface area contributed by atoms with Gasteiger partial charge in [0.1, 0.15) is 11.9 Å². The van der Waals surface area contributed by atoms with E-state index in [0.29, 0.717) is 5.56 Å². The van der Waals surface area contributed by atoms with Gasteiger partial charge in [-0.3, -0.25) is 4.98 Å². The fraction of sp³-hybridized carbons (Fsp3) is 0.391. The number of nitriles is 1. The molecule has 32 heavy (non-hydrogen) atoms. The van der Waals surface area contributed by atoms with Crippen LogP contribution in [0.25, 0.3) is 22.5 Å². The van der Waals surface area contributed by atoms with Crippen molar-refractivity contribution >= 4 is 11.8 Å². The Bertz CT molecular complexity index is 1100. The van der Waals surface area contributed by atoms with Crippen molar-refractivity contribution in [2.24, 2.45) is 0 Å². The molecule has 9 heteroatoms. The molecule has 3 aromatic rings. The topological polar surface area (TPSA) is 100 Å². The summed E-state index contributed by atoms with van der Waals surface area (Å²) in [5, 5.41) is 13.0. The van der Waals surface area contributed by atoms with Gasteiger partial charge in [-0.2, -0.15) is 5.26 Å². The molecule has 0 atom stereocenters. The molecule has 0 unspecified atom stereocenters. The molecule has 5 rings (SSSR count). The first kappa shape index (κ1) is 20.4. The van der Waals surface area contributed by atoms with E-state index in [1.165, 1.54) is 0 Å². The third-order valence-corrected chi connectivity index (χ3v) is 6.14. The lowest BCUT2D eigenvalue weighted by Gasteiger charge is -2.32. The summed E-state index contributed by atoms with van der Waals surface area (Å²) in [5.74, 6) is 1.66. The Hall–Kier alpha value is -3.48. The third kappa shape index (κ3) is 4.15. The number of anilines is 2. The number of pyridine rings is 1. The fourth-order valence-corrected chi connectivity index (χ4v) is 4.20. The van der Waals surface area contributed by atoms with Crippen LogP contribution in [0.5, 0.6) is 0 Å². The molecule has 2 aliphatic rings. The first-order valence-corrected chi connectivity index (χ1v) is 11.0. The average molecular weight is 430 g/mol. The molecule has 2 N–H and O–H groups in total. The summed E-state index contributed by atoms with van der Waals surface area (Å²) in [5.41, 5.74) is 4.24. The van der Waals surface area contributed by atoms with Gasteiger partial charge < -0.3 is 25.0 Å². The molecule has 164 valence electrons. The van der Waals surface area contributed by atoms with Crippen molar-refractivity contribution in [2.75, 3.05) is 69.2 Å². The molecule has 0 saturated carbocycles. The molecular weight excluding hydrogens is 402 g/mol. The summed E-state index contributed by atoms with van der Waals surface area (Å²) in [6, 6.07) is 8.23. The summed E-state index contributed by atoms with van der Waals surface area (Å²) in [6.45, 7) is 7.52. The quantitative estimate of drug-likeness (QED) is 0.645. The van der Waals surface area contributed by atoms with Gasteiger partial charge in [-0.15, -0.1) is 0 Å². The molecule has 2 saturated heterocycles. The number of H-pyrrole nitrogens is 1. The normalized spacial score (nSPS) is 17.4. The van der Waals surface area contributed by atoms with Gasteiger partial charge in [-0.25, -0.2) is 9.97 Å². The van der Waals surface area contributed by atoms with Crippen molar-refractivity contribution in [3.05, 3.63) is 42.4 Å². The molecule has 3 aromatic heterocycles. The van der Waals surface area contributed by atoms with Crippen LogP contribution in [0.3, 0.4) is 0 Å². The van der Waals surface area contributed by atoms with Gasteiger partial charge in [0.15, 0.2) is 0 Å². The van der Waals surface area contributed by atoms with E-state index in [0.717, 1.165) is 86.6 Å². The lowest BCUT2D eigenvalue weighted by atomic mass is 10.1. The maximum Gasteiger partial charge on any atom is 0.225 e. The number of rotatable bonds is 4. The van der Waals surface area contributed by atoms with E-state index < -0.39 is 0 Å². The van der Waals surface area contributed by atoms with Crippen molar-refractivity contribution in [1.29, 1.82) is 5.26 Å². The van der Waals surface area contributed by atoms with Gasteiger partial charge in [0, 0.05) is 87.8 Å². The first-order valence-electron chi connectivity index (χ1n) is 11.0. The van der Waals surface area contributed by atoms with Gasteiger partial charge in [0.05, 0.1) is 11.3 Å². The summed E-state index contributed by atoms with van der Waals surface area (Å²) in [7, 11) is 2.14. The predicted octanol–water partition coefficient (Wildman–Crippen LogP) is 1.57. The van der Waals surface area contributed by atoms with Gasteiger partial charge in [-0.05, 0) is 25.2 Å². The first-order chi connectivity index (χ1) is 15.7. The van der Waals surface area contributed by atoms with E-state index in [2.05, 4.69) is 53.1 Å². The van der Waals surface area contributed by atoms with E-state index in [1.807, 2.05) is 30.6 Å². The summed E-state index contributed by atoms with van der Waals surface area (Å²) in [4.78, 5) is 23.9. The maximum atomic E-state index is 9.64. The lowest BCUT2D eigenvalue weighted by molar-refractivity contribution is 0.311. The Balaban J connectivity index is 1.38. The Labute approximate surface area is 187 Å². The van der Waals surface area contributed by atoms with Crippen LogP contribution in [-0.2, 0) is 0 Å². The second kappa shape index (κ2) is 8.94. The standard InChI is InChI=1S/C23H27N9/c1-30-8-10-32(11-9-30)23-27-15-19(16-28-23)20-12-17(2-3-26-20)21-13-18(14-24)22(29-21)31-6-4-25-5-7-31/h2-3,12-13,15-16,25,29H,4-11H2,1H3. The number of piperazine rings is 2. The minimum atomic E-state index is 0.667. The number of nitrogens with one attached hydrogen (secondary N) is 2. The lowest BCUT2D eigenvalue weighted by Crippen LogP contribution is -2.45.